The van der Waals surface area contributed by atoms with E-state index in [1.165, 1.54) is 69.3 Å². The average Bonchev–Trinajstić information content (AvgIpc) is 2.87. The van der Waals surface area contributed by atoms with Crippen molar-refractivity contribution in [1.82, 2.24) is 20.0 Å². The van der Waals surface area contributed by atoms with Crippen LogP contribution in [0.3, 0.4) is 0 Å². The van der Waals surface area contributed by atoms with Crippen molar-refractivity contribution in [2.24, 2.45) is 0 Å². The molecule has 4 rings (SSSR count). The first-order valence-corrected chi connectivity index (χ1v) is 9.92. The zero-order valence-electron chi connectivity index (χ0n) is 14.7. The number of hydrogen-bond acceptors (Lipinski definition) is 3. The molecule has 1 N–H and O–H groups in total. The van der Waals surface area contributed by atoms with Gasteiger partial charge in [0.2, 0.25) is 0 Å². The molecule has 0 unspecified atom stereocenters. The van der Waals surface area contributed by atoms with E-state index in [9.17, 15) is 4.79 Å². The molecular weight excluding hydrogens is 300 g/mol. The molecule has 132 valence electrons. The highest BCUT2D eigenvalue weighted by Crippen LogP contribution is 2.25. The number of nitrogens with zero attached hydrogens (tertiary/aromatic N) is 3. The fourth-order valence-electron chi connectivity index (χ4n) is 4.71. The third kappa shape index (κ3) is 3.23. The molecule has 2 aliphatic heterocycles. The van der Waals surface area contributed by atoms with E-state index in [1.807, 2.05) is 0 Å². The molecule has 2 fully saturated rings. The number of carbonyl (C=O) groups is 1. The number of piperidine rings is 1. The van der Waals surface area contributed by atoms with Crippen molar-refractivity contribution in [2.75, 3.05) is 26.2 Å². The van der Waals surface area contributed by atoms with Crippen molar-refractivity contribution < 1.29 is 4.79 Å². The van der Waals surface area contributed by atoms with Gasteiger partial charge in [0.05, 0.1) is 0 Å². The lowest BCUT2D eigenvalue weighted by atomic mass is 9.95. The Morgan fingerprint density at radius 1 is 0.958 bits per heavy atom. The van der Waals surface area contributed by atoms with Gasteiger partial charge in [0, 0.05) is 30.4 Å². The van der Waals surface area contributed by atoms with Gasteiger partial charge in [-0.2, -0.15) is 5.10 Å². The van der Waals surface area contributed by atoms with Gasteiger partial charge in [-0.05, 0) is 64.5 Å². The fraction of sp³-hybridized carbons (Fsp3) is 0.789. The summed E-state index contributed by atoms with van der Waals surface area (Å²) in [5, 5.41) is 7.52. The molecular formula is C19H30N4O. The number of amides is 1. The van der Waals surface area contributed by atoms with Gasteiger partial charge in [-0.1, -0.05) is 12.8 Å². The van der Waals surface area contributed by atoms with Crippen LogP contribution in [0.5, 0.6) is 0 Å². The summed E-state index contributed by atoms with van der Waals surface area (Å²) in [6.45, 7) is 4.21. The smallest absolute Gasteiger partial charge is 0.274 e. The largest absolute Gasteiger partial charge is 0.336 e. The molecule has 0 bridgehead atoms. The predicted octanol–water partition coefficient (Wildman–Crippen LogP) is 2.77. The highest BCUT2D eigenvalue weighted by Gasteiger charge is 2.31. The van der Waals surface area contributed by atoms with Crippen LogP contribution in [0.2, 0.25) is 0 Å². The van der Waals surface area contributed by atoms with Crippen LogP contribution in [-0.2, 0) is 12.8 Å². The van der Waals surface area contributed by atoms with Gasteiger partial charge in [-0.3, -0.25) is 14.8 Å². The van der Waals surface area contributed by atoms with Crippen LogP contribution in [0.4, 0.5) is 0 Å². The number of fused-ring (bicyclic) bond motifs is 1. The summed E-state index contributed by atoms with van der Waals surface area (Å²) >= 11 is 0. The van der Waals surface area contributed by atoms with Crippen LogP contribution in [0.25, 0.3) is 0 Å². The standard InChI is InChI=1S/C19H30N4O/c24-19(18-16-9-3-4-10-17(16)20-21-18)23-13-7-8-15(14-23)22-11-5-1-2-6-12-22/h15H,1-14H2,(H,20,21)/t15-/m1/s1. The number of H-pyrrole nitrogens is 1. The van der Waals surface area contributed by atoms with Crippen LogP contribution >= 0.6 is 0 Å². The van der Waals surface area contributed by atoms with E-state index in [1.54, 1.807) is 0 Å². The Bertz CT molecular complexity index is 574. The van der Waals surface area contributed by atoms with Gasteiger partial charge in [0.25, 0.3) is 5.91 Å². The predicted molar refractivity (Wildman–Crippen MR) is 94.2 cm³/mol. The molecule has 0 saturated carbocycles. The Hall–Kier alpha value is -1.36. The van der Waals surface area contributed by atoms with Gasteiger partial charge in [-0.15, -0.1) is 0 Å². The van der Waals surface area contributed by atoms with Crippen molar-refractivity contribution in [3.63, 3.8) is 0 Å². The molecule has 1 atom stereocenters. The summed E-state index contributed by atoms with van der Waals surface area (Å²) in [5.41, 5.74) is 3.11. The van der Waals surface area contributed by atoms with E-state index in [2.05, 4.69) is 20.0 Å². The van der Waals surface area contributed by atoms with Crippen LogP contribution in [-0.4, -0.2) is 58.1 Å². The monoisotopic (exact) mass is 330 g/mol. The van der Waals surface area contributed by atoms with Gasteiger partial charge < -0.3 is 4.90 Å². The lowest BCUT2D eigenvalue weighted by molar-refractivity contribution is 0.0572. The topological polar surface area (TPSA) is 52.2 Å². The average molecular weight is 330 g/mol. The summed E-state index contributed by atoms with van der Waals surface area (Å²) in [7, 11) is 0. The first-order chi connectivity index (χ1) is 11.8. The molecule has 24 heavy (non-hydrogen) atoms. The van der Waals surface area contributed by atoms with Crippen LogP contribution in [0.15, 0.2) is 0 Å². The van der Waals surface area contributed by atoms with Crippen molar-refractivity contribution in [2.45, 2.75) is 70.3 Å². The summed E-state index contributed by atoms with van der Waals surface area (Å²) < 4.78 is 0. The second-order valence-electron chi connectivity index (χ2n) is 7.73. The van der Waals surface area contributed by atoms with Gasteiger partial charge in [0.15, 0.2) is 5.69 Å². The molecule has 1 aliphatic carbocycles. The van der Waals surface area contributed by atoms with E-state index >= 15 is 0 Å². The Morgan fingerprint density at radius 3 is 2.58 bits per heavy atom. The first kappa shape index (κ1) is 16.1. The number of aromatic amines is 1. The van der Waals surface area contributed by atoms with Gasteiger partial charge in [-0.25, -0.2) is 0 Å². The number of carbonyl (C=O) groups excluding carboxylic acids is 1. The van der Waals surface area contributed by atoms with E-state index in [0.717, 1.165) is 32.4 Å². The Morgan fingerprint density at radius 2 is 1.75 bits per heavy atom. The second-order valence-corrected chi connectivity index (χ2v) is 7.73. The van der Waals surface area contributed by atoms with Crippen LogP contribution in [0, 0.1) is 0 Å². The van der Waals surface area contributed by atoms with Crippen LogP contribution in [0.1, 0.15) is 73.1 Å². The number of rotatable bonds is 2. The molecule has 3 heterocycles. The zero-order valence-corrected chi connectivity index (χ0v) is 14.7. The third-order valence-corrected chi connectivity index (χ3v) is 6.10. The van der Waals surface area contributed by atoms with Crippen molar-refractivity contribution in [1.29, 1.82) is 0 Å². The SMILES string of the molecule is O=C(c1n[nH]c2c1CCCC2)N1CCC[C@@H](N2CCCCCC2)C1. The first-order valence-electron chi connectivity index (χ1n) is 9.92. The fourth-order valence-corrected chi connectivity index (χ4v) is 4.71. The lowest BCUT2D eigenvalue weighted by Crippen LogP contribution is -2.50. The normalized spacial score (nSPS) is 26.0. The van der Waals surface area contributed by atoms with Gasteiger partial charge >= 0.3 is 0 Å². The minimum Gasteiger partial charge on any atom is -0.336 e. The Balaban J connectivity index is 1.45. The van der Waals surface area contributed by atoms with E-state index in [-0.39, 0.29) is 5.91 Å². The molecule has 5 nitrogen and oxygen atoms in total. The number of likely N-dealkylation sites (tertiary alicyclic amines) is 2. The van der Waals surface area contributed by atoms with Crippen LogP contribution < -0.4 is 0 Å². The molecule has 5 heteroatoms. The number of hydrogen-bond donors (Lipinski definition) is 1. The van der Waals surface area contributed by atoms with E-state index in [4.69, 9.17) is 0 Å². The van der Waals surface area contributed by atoms with Gasteiger partial charge in [0.1, 0.15) is 0 Å². The number of aryl methyl sites for hydroxylation is 1. The maximum Gasteiger partial charge on any atom is 0.274 e. The van der Waals surface area contributed by atoms with Crippen molar-refractivity contribution >= 4 is 5.91 Å². The summed E-state index contributed by atoms with van der Waals surface area (Å²) in [6, 6.07) is 0.551. The molecule has 0 spiro atoms. The molecule has 1 amide bonds. The highest BCUT2D eigenvalue weighted by molar-refractivity contribution is 5.94. The lowest BCUT2D eigenvalue weighted by Gasteiger charge is -2.39. The molecule has 0 radical (unpaired) electrons. The highest BCUT2D eigenvalue weighted by atomic mass is 16.2. The third-order valence-electron chi connectivity index (χ3n) is 6.10. The number of aromatic nitrogens is 2. The Labute approximate surface area is 144 Å². The zero-order chi connectivity index (χ0) is 16.4. The maximum atomic E-state index is 13.1. The second kappa shape index (κ2) is 7.26. The maximum absolute atomic E-state index is 13.1. The molecule has 2 saturated heterocycles. The summed E-state index contributed by atoms with van der Waals surface area (Å²) in [4.78, 5) is 17.8. The molecule has 1 aromatic heterocycles. The van der Waals surface area contributed by atoms with Crippen molar-refractivity contribution in [3.8, 4) is 0 Å². The molecule has 3 aliphatic rings. The Kier molecular flexibility index (Phi) is 4.88. The minimum absolute atomic E-state index is 0.161. The summed E-state index contributed by atoms with van der Waals surface area (Å²) in [6.07, 6.45) is 12.2. The summed E-state index contributed by atoms with van der Waals surface area (Å²) in [5.74, 6) is 0.161. The van der Waals surface area contributed by atoms with E-state index in [0.29, 0.717) is 11.7 Å². The van der Waals surface area contributed by atoms with E-state index < -0.39 is 0 Å². The minimum atomic E-state index is 0.161. The molecule has 1 aromatic rings. The van der Waals surface area contributed by atoms with Crippen molar-refractivity contribution in [3.05, 3.63) is 17.0 Å². The molecule has 0 aromatic carbocycles. The quantitative estimate of drug-likeness (QED) is 0.907. The number of nitrogens with one attached hydrogen (secondary N) is 1.